The summed E-state index contributed by atoms with van der Waals surface area (Å²) in [5.41, 5.74) is 6.11. The van der Waals surface area contributed by atoms with Gasteiger partial charge in [-0.3, -0.25) is 14.4 Å². The average Bonchev–Trinajstić information content (AvgIpc) is 4.06. The predicted molar refractivity (Wildman–Crippen MR) is 201 cm³/mol. The van der Waals surface area contributed by atoms with Crippen molar-refractivity contribution in [3.63, 3.8) is 0 Å². The standard InChI is InChI=1S/C41H49N7O6/c1-22(17-34(49)53-3)39(50)47-30-15-13-28(18-30)35(47)37-42-20-32(45-37)26-9-5-24(6-10-26)25-7-11-27(12-8-25)33-21-43-38(46-33)36-29-14-16-31(19-29)48(36)40(51)23(2)44-41(52)54-4/h5-12,20-23,28-31,35-36,38,43,46H,13-19H2,1-4H3,(H,42,45)(H,44,52)/t22-,23+,28+,29+,30-,31-,35+,36+,38?/m1/s1. The van der Waals surface area contributed by atoms with Crippen LogP contribution in [0.2, 0.25) is 0 Å². The number of fused-ring (bicyclic) bond motifs is 4. The van der Waals surface area contributed by atoms with Crippen molar-refractivity contribution in [3.8, 4) is 22.4 Å². The number of esters is 1. The van der Waals surface area contributed by atoms with E-state index < -0.39 is 18.1 Å². The van der Waals surface area contributed by atoms with Crippen LogP contribution in [0.1, 0.15) is 76.2 Å². The number of benzene rings is 2. The van der Waals surface area contributed by atoms with E-state index in [0.717, 1.165) is 78.0 Å². The highest BCUT2D eigenvalue weighted by atomic mass is 16.5. The van der Waals surface area contributed by atoms with E-state index in [1.165, 1.54) is 14.2 Å². The van der Waals surface area contributed by atoms with Crippen LogP contribution in [0.4, 0.5) is 4.79 Å². The molecule has 4 fully saturated rings. The normalized spacial score (nSPS) is 27.6. The molecule has 2 aromatic carbocycles. The molecular weight excluding hydrogens is 686 g/mol. The monoisotopic (exact) mass is 735 g/mol. The number of nitrogens with zero attached hydrogens (tertiary/aromatic N) is 3. The van der Waals surface area contributed by atoms with Crippen molar-refractivity contribution in [1.82, 2.24) is 35.7 Å². The summed E-state index contributed by atoms with van der Waals surface area (Å²) >= 11 is 0. The van der Waals surface area contributed by atoms with Crippen molar-refractivity contribution in [2.45, 2.75) is 95.2 Å². The van der Waals surface area contributed by atoms with Crippen LogP contribution in [-0.2, 0) is 23.9 Å². The summed E-state index contributed by atoms with van der Waals surface area (Å²) in [5.74, 6) is 0.633. The maximum Gasteiger partial charge on any atom is 0.407 e. The number of likely N-dealkylation sites (tertiary alicyclic amines) is 2. The van der Waals surface area contributed by atoms with Gasteiger partial charge in [0.05, 0.1) is 50.3 Å². The number of aromatic nitrogens is 2. The highest BCUT2D eigenvalue weighted by Crippen LogP contribution is 2.50. The zero-order valence-electron chi connectivity index (χ0n) is 31.2. The van der Waals surface area contributed by atoms with Crippen molar-refractivity contribution in [2.75, 3.05) is 14.2 Å². The number of imidazole rings is 1. The summed E-state index contributed by atoms with van der Waals surface area (Å²) in [6, 6.07) is 16.4. The van der Waals surface area contributed by atoms with Crippen molar-refractivity contribution >= 4 is 29.6 Å². The third-order valence-electron chi connectivity index (χ3n) is 12.4. The summed E-state index contributed by atoms with van der Waals surface area (Å²) in [6.45, 7) is 3.51. The van der Waals surface area contributed by atoms with E-state index in [-0.39, 0.29) is 54.5 Å². The lowest BCUT2D eigenvalue weighted by molar-refractivity contribution is -0.148. The number of amides is 3. The molecule has 2 saturated heterocycles. The number of ether oxygens (including phenoxy) is 2. The number of rotatable bonds is 10. The number of carbonyl (C=O) groups excluding carboxylic acids is 4. The van der Waals surface area contributed by atoms with Gasteiger partial charge >= 0.3 is 12.1 Å². The molecular formula is C41H49N7O6. The van der Waals surface area contributed by atoms with Gasteiger partial charge in [-0.2, -0.15) is 0 Å². The van der Waals surface area contributed by atoms with Crippen LogP contribution in [0.15, 0.2) is 60.9 Å². The van der Waals surface area contributed by atoms with Gasteiger partial charge in [0, 0.05) is 24.2 Å². The molecule has 2 saturated carbocycles. The van der Waals surface area contributed by atoms with E-state index in [0.29, 0.717) is 11.8 Å². The molecule has 1 unspecified atom stereocenters. The quantitative estimate of drug-likeness (QED) is 0.212. The number of nitrogens with one attached hydrogen (secondary N) is 4. The average molecular weight is 736 g/mol. The topological polar surface area (TPSA) is 158 Å². The Morgan fingerprint density at radius 2 is 1.44 bits per heavy atom. The zero-order valence-corrected chi connectivity index (χ0v) is 31.2. The Morgan fingerprint density at radius 1 is 0.815 bits per heavy atom. The molecule has 0 spiro atoms. The van der Waals surface area contributed by atoms with Crippen LogP contribution in [0.5, 0.6) is 0 Å². The Kier molecular flexibility index (Phi) is 9.57. The summed E-state index contributed by atoms with van der Waals surface area (Å²) in [5, 5.41) is 9.78. The lowest BCUT2D eigenvalue weighted by atomic mass is 9.95. The number of aromatic amines is 1. The first-order valence-corrected chi connectivity index (χ1v) is 19.2. The maximum atomic E-state index is 13.5. The van der Waals surface area contributed by atoms with Crippen LogP contribution in [-0.4, -0.2) is 88.2 Å². The number of hydrogen-bond donors (Lipinski definition) is 4. The van der Waals surface area contributed by atoms with Gasteiger partial charge in [-0.1, -0.05) is 55.5 Å². The first-order valence-electron chi connectivity index (χ1n) is 19.2. The highest BCUT2D eigenvalue weighted by Gasteiger charge is 2.53. The van der Waals surface area contributed by atoms with Gasteiger partial charge in [0.25, 0.3) is 0 Å². The first kappa shape index (κ1) is 35.7. The number of hydrogen-bond acceptors (Lipinski definition) is 9. The molecule has 13 nitrogen and oxygen atoms in total. The number of methoxy groups -OCH3 is 2. The second-order valence-corrected chi connectivity index (χ2v) is 15.6. The molecule has 284 valence electrons. The molecule has 5 aliphatic rings. The summed E-state index contributed by atoms with van der Waals surface area (Å²) in [4.78, 5) is 63.0. The van der Waals surface area contributed by atoms with Crippen LogP contribution in [0.3, 0.4) is 0 Å². The number of carbonyl (C=O) groups is 4. The minimum atomic E-state index is -0.669. The van der Waals surface area contributed by atoms with E-state index in [2.05, 4.69) is 69.5 Å². The Balaban J connectivity index is 0.909. The van der Waals surface area contributed by atoms with E-state index in [1.807, 2.05) is 22.2 Å². The summed E-state index contributed by atoms with van der Waals surface area (Å²) in [6.07, 6.45) is 9.25. The second kappa shape index (κ2) is 14.5. The van der Waals surface area contributed by atoms with Gasteiger partial charge in [-0.25, -0.2) is 9.78 Å². The van der Waals surface area contributed by atoms with Gasteiger partial charge in [-0.15, -0.1) is 0 Å². The van der Waals surface area contributed by atoms with Crippen LogP contribution in [0.25, 0.3) is 28.1 Å². The minimum Gasteiger partial charge on any atom is -0.469 e. The molecule has 4 N–H and O–H groups in total. The molecule has 2 aliphatic carbocycles. The van der Waals surface area contributed by atoms with Crippen LogP contribution >= 0.6 is 0 Å². The molecule has 3 amide bonds. The smallest absolute Gasteiger partial charge is 0.407 e. The van der Waals surface area contributed by atoms with Gasteiger partial charge in [0.1, 0.15) is 18.0 Å². The molecule has 4 heterocycles. The largest absolute Gasteiger partial charge is 0.469 e. The fourth-order valence-corrected chi connectivity index (χ4v) is 9.73. The molecule has 3 aliphatic heterocycles. The molecule has 1 aromatic heterocycles. The molecule has 9 atom stereocenters. The van der Waals surface area contributed by atoms with E-state index in [1.54, 1.807) is 13.8 Å². The lowest BCUT2D eigenvalue weighted by Crippen LogP contribution is -2.60. The predicted octanol–water partition coefficient (Wildman–Crippen LogP) is 4.94. The fraction of sp³-hybridized carbons (Fsp3) is 0.488. The Morgan fingerprint density at radius 3 is 2.13 bits per heavy atom. The van der Waals surface area contributed by atoms with Gasteiger partial charge in [0.2, 0.25) is 11.8 Å². The van der Waals surface area contributed by atoms with Crippen molar-refractivity contribution in [2.24, 2.45) is 17.8 Å². The first-order chi connectivity index (χ1) is 26.1. The zero-order chi connectivity index (χ0) is 37.7. The number of H-pyrrole nitrogens is 1. The van der Waals surface area contributed by atoms with Gasteiger partial charge in [-0.05, 0) is 79.5 Å². The van der Waals surface area contributed by atoms with Crippen molar-refractivity contribution in [3.05, 3.63) is 72.3 Å². The minimum absolute atomic E-state index is 0.0118. The van der Waals surface area contributed by atoms with E-state index in [4.69, 9.17) is 14.5 Å². The SMILES string of the molecule is COC(=O)C[C@@H](C)C(=O)N1[C@@H]2CC[C@@H](C2)[C@H]1c1ncc(-c2ccc(-c3ccc(C4=CNC([C@@H]5[C@H]6CC[C@H](C6)N5C(=O)[C@H](C)NC(=O)OC)N4)cc3)cc2)[nH]1. The van der Waals surface area contributed by atoms with Crippen LogP contribution in [0, 0.1) is 17.8 Å². The Hall–Kier alpha value is -5.33. The molecule has 4 bridgehead atoms. The Labute approximate surface area is 315 Å². The van der Waals surface area contributed by atoms with Crippen LogP contribution < -0.4 is 16.0 Å². The third kappa shape index (κ3) is 6.47. The molecule has 0 radical (unpaired) electrons. The van der Waals surface area contributed by atoms with Gasteiger partial charge < -0.3 is 40.2 Å². The third-order valence-corrected chi connectivity index (χ3v) is 12.4. The molecule has 54 heavy (non-hydrogen) atoms. The summed E-state index contributed by atoms with van der Waals surface area (Å²) in [7, 11) is 2.65. The molecule has 8 rings (SSSR count). The van der Waals surface area contributed by atoms with Gasteiger partial charge in [0.15, 0.2) is 0 Å². The van der Waals surface area contributed by atoms with E-state index >= 15 is 0 Å². The maximum absolute atomic E-state index is 13.5. The summed E-state index contributed by atoms with van der Waals surface area (Å²) < 4.78 is 9.53. The highest BCUT2D eigenvalue weighted by molar-refractivity contribution is 5.86. The van der Waals surface area contributed by atoms with E-state index in [9.17, 15) is 19.2 Å². The Bertz CT molecular complexity index is 1940. The van der Waals surface area contributed by atoms with Crippen molar-refractivity contribution < 1.29 is 28.7 Å². The molecule has 13 heteroatoms. The second-order valence-electron chi connectivity index (χ2n) is 15.6. The fourth-order valence-electron chi connectivity index (χ4n) is 9.73. The molecule has 3 aromatic rings. The van der Waals surface area contributed by atoms with Crippen molar-refractivity contribution in [1.29, 1.82) is 0 Å². The number of piperidine rings is 2. The number of alkyl carbamates (subject to hydrolysis) is 1. The lowest BCUT2D eigenvalue weighted by Gasteiger charge is -2.40.